The predicted octanol–water partition coefficient (Wildman–Crippen LogP) is 1.27. The molecule has 5 heteroatoms. The summed E-state index contributed by atoms with van der Waals surface area (Å²) in [5, 5.41) is 10.1. The summed E-state index contributed by atoms with van der Waals surface area (Å²) in [6, 6.07) is 9.76. The number of amides is 1. The highest BCUT2D eigenvalue weighted by molar-refractivity contribution is 5.94. The summed E-state index contributed by atoms with van der Waals surface area (Å²) in [6.07, 6.45) is 3.67. The summed E-state index contributed by atoms with van der Waals surface area (Å²) < 4.78 is 1.85. The summed E-state index contributed by atoms with van der Waals surface area (Å²) in [6.45, 7) is 3.35. The zero-order valence-corrected chi connectivity index (χ0v) is 11.8. The smallest absolute Gasteiger partial charge is 0.251 e. The van der Waals surface area contributed by atoms with Crippen LogP contribution in [0.5, 0.6) is 0 Å². The summed E-state index contributed by atoms with van der Waals surface area (Å²) in [4.78, 5) is 11.9. The van der Waals surface area contributed by atoms with E-state index < -0.39 is 0 Å². The molecule has 1 aromatic carbocycles. The van der Waals surface area contributed by atoms with Crippen LogP contribution in [-0.4, -0.2) is 35.3 Å². The fourth-order valence-corrected chi connectivity index (χ4v) is 1.79. The first-order chi connectivity index (χ1) is 9.69. The van der Waals surface area contributed by atoms with Crippen molar-refractivity contribution in [2.45, 2.75) is 19.5 Å². The topological polar surface area (TPSA) is 58.9 Å². The molecule has 2 rings (SSSR count). The Morgan fingerprint density at radius 1 is 1.35 bits per heavy atom. The van der Waals surface area contributed by atoms with Crippen LogP contribution in [0.4, 0.5) is 0 Å². The third-order valence-electron chi connectivity index (χ3n) is 3.18. The van der Waals surface area contributed by atoms with Crippen molar-refractivity contribution in [3.05, 3.63) is 53.9 Å². The molecule has 0 saturated heterocycles. The molecule has 1 amide bonds. The number of aromatic nitrogens is 2. The van der Waals surface area contributed by atoms with Gasteiger partial charge in [0, 0.05) is 30.5 Å². The molecule has 0 aliphatic heterocycles. The van der Waals surface area contributed by atoms with Gasteiger partial charge >= 0.3 is 0 Å². The summed E-state index contributed by atoms with van der Waals surface area (Å²) in [5.74, 6) is -0.0438. The van der Waals surface area contributed by atoms with Crippen molar-refractivity contribution in [3.63, 3.8) is 0 Å². The molecular weight excluding hydrogens is 252 g/mol. The molecule has 0 saturated carbocycles. The minimum Gasteiger partial charge on any atom is -0.350 e. The second-order valence-corrected chi connectivity index (χ2v) is 4.80. The van der Waals surface area contributed by atoms with Gasteiger partial charge in [0.15, 0.2) is 0 Å². The summed E-state index contributed by atoms with van der Waals surface area (Å²) >= 11 is 0. The maximum atomic E-state index is 11.9. The Morgan fingerprint density at radius 2 is 2.10 bits per heavy atom. The lowest BCUT2D eigenvalue weighted by atomic mass is 10.1. The predicted molar refractivity (Wildman–Crippen MR) is 78.6 cm³/mol. The van der Waals surface area contributed by atoms with E-state index in [-0.39, 0.29) is 11.9 Å². The standard InChI is InChI=1S/C15H20N4O/c1-12(16-2)10-17-15(20)14-6-4-13(5-7-14)11-19-9-3-8-18-19/h3-9,12,16H,10-11H2,1-2H3,(H,17,20). The number of hydrogen-bond donors (Lipinski definition) is 2. The van der Waals surface area contributed by atoms with Crippen LogP contribution in [0, 0.1) is 0 Å². The van der Waals surface area contributed by atoms with E-state index in [0.717, 1.165) is 5.56 Å². The van der Waals surface area contributed by atoms with Crippen LogP contribution in [-0.2, 0) is 6.54 Å². The number of nitrogens with zero attached hydrogens (tertiary/aromatic N) is 2. The fourth-order valence-electron chi connectivity index (χ4n) is 1.79. The first-order valence-electron chi connectivity index (χ1n) is 6.71. The van der Waals surface area contributed by atoms with Crippen molar-refractivity contribution in [2.75, 3.05) is 13.6 Å². The second-order valence-electron chi connectivity index (χ2n) is 4.80. The molecule has 1 aromatic heterocycles. The van der Waals surface area contributed by atoms with Crippen LogP contribution in [0.25, 0.3) is 0 Å². The second kappa shape index (κ2) is 6.86. The van der Waals surface area contributed by atoms with E-state index in [0.29, 0.717) is 18.7 Å². The molecule has 5 nitrogen and oxygen atoms in total. The van der Waals surface area contributed by atoms with Gasteiger partial charge in [-0.15, -0.1) is 0 Å². The van der Waals surface area contributed by atoms with Crippen molar-refractivity contribution in [2.24, 2.45) is 0 Å². The van der Waals surface area contributed by atoms with E-state index in [2.05, 4.69) is 15.7 Å². The molecule has 0 bridgehead atoms. The van der Waals surface area contributed by atoms with Crippen molar-refractivity contribution >= 4 is 5.91 Å². The Bertz CT molecular complexity index is 534. The Morgan fingerprint density at radius 3 is 2.70 bits per heavy atom. The number of rotatable bonds is 6. The molecule has 106 valence electrons. The van der Waals surface area contributed by atoms with Crippen LogP contribution in [0.15, 0.2) is 42.7 Å². The minimum absolute atomic E-state index is 0.0438. The van der Waals surface area contributed by atoms with E-state index in [1.54, 1.807) is 6.20 Å². The zero-order chi connectivity index (χ0) is 14.4. The minimum atomic E-state index is -0.0438. The molecular formula is C15H20N4O. The third-order valence-corrected chi connectivity index (χ3v) is 3.18. The van der Waals surface area contributed by atoms with Crippen molar-refractivity contribution in [1.82, 2.24) is 20.4 Å². The average molecular weight is 272 g/mol. The van der Waals surface area contributed by atoms with Gasteiger partial charge in [-0.05, 0) is 37.7 Å². The Labute approximate surface area is 119 Å². The number of carbonyl (C=O) groups is 1. The van der Waals surface area contributed by atoms with Gasteiger partial charge in [0.05, 0.1) is 6.54 Å². The first-order valence-corrected chi connectivity index (χ1v) is 6.71. The SMILES string of the molecule is CNC(C)CNC(=O)c1ccc(Cn2cccn2)cc1. The van der Waals surface area contributed by atoms with E-state index in [1.807, 2.05) is 55.2 Å². The summed E-state index contributed by atoms with van der Waals surface area (Å²) in [7, 11) is 1.88. The van der Waals surface area contributed by atoms with Crippen molar-refractivity contribution in [1.29, 1.82) is 0 Å². The van der Waals surface area contributed by atoms with Gasteiger partial charge in [0.1, 0.15) is 0 Å². The quantitative estimate of drug-likeness (QED) is 0.832. The zero-order valence-electron chi connectivity index (χ0n) is 11.8. The summed E-state index contributed by atoms with van der Waals surface area (Å²) in [5.41, 5.74) is 1.80. The first kappa shape index (κ1) is 14.3. The van der Waals surface area contributed by atoms with E-state index in [9.17, 15) is 4.79 Å². The Balaban J connectivity index is 1.92. The molecule has 0 aliphatic rings. The highest BCUT2D eigenvalue weighted by Gasteiger charge is 2.06. The van der Waals surface area contributed by atoms with Crippen LogP contribution in [0.3, 0.4) is 0 Å². The largest absolute Gasteiger partial charge is 0.350 e. The third kappa shape index (κ3) is 3.93. The van der Waals surface area contributed by atoms with Gasteiger partial charge in [0.2, 0.25) is 0 Å². The monoisotopic (exact) mass is 272 g/mol. The fraction of sp³-hybridized carbons (Fsp3) is 0.333. The van der Waals surface area contributed by atoms with E-state index in [1.165, 1.54) is 0 Å². The maximum Gasteiger partial charge on any atom is 0.251 e. The average Bonchev–Trinajstić information content (AvgIpc) is 2.98. The number of nitrogens with one attached hydrogen (secondary N) is 2. The lowest BCUT2D eigenvalue weighted by Gasteiger charge is -2.11. The molecule has 1 heterocycles. The molecule has 0 aliphatic carbocycles. The van der Waals surface area contributed by atoms with Crippen LogP contribution in [0.2, 0.25) is 0 Å². The van der Waals surface area contributed by atoms with Crippen molar-refractivity contribution in [3.8, 4) is 0 Å². The van der Waals surface area contributed by atoms with Crippen LogP contribution < -0.4 is 10.6 Å². The van der Waals surface area contributed by atoms with Gasteiger partial charge in [-0.1, -0.05) is 12.1 Å². The van der Waals surface area contributed by atoms with Crippen LogP contribution >= 0.6 is 0 Å². The molecule has 0 radical (unpaired) electrons. The highest BCUT2D eigenvalue weighted by atomic mass is 16.1. The molecule has 0 fully saturated rings. The van der Waals surface area contributed by atoms with E-state index >= 15 is 0 Å². The number of carbonyl (C=O) groups excluding carboxylic acids is 1. The number of benzene rings is 1. The molecule has 2 N–H and O–H groups in total. The molecule has 20 heavy (non-hydrogen) atoms. The van der Waals surface area contributed by atoms with Gasteiger partial charge in [-0.3, -0.25) is 9.48 Å². The van der Waals surface area contributed by atoms with Gasteiger partial charge in [-0.25, -0.2) is 0 Å². The Kier molecular flexibility index (Phi) is 4.90. The molecule has 1 atom stereocenters. The van der Waals surface area contributed by atoms with Gasteiger partial charge in [-0.2, -0.15) is 5.10 Å². The Hall–Kier alpha value is -2.14. The lowest BCUT2D eigenvalue weighted by molar-refractivity contribution is 0.0950. The molecule has 1 unspecified atom stereocenters. The van der Waals surface area contributed by atoms with Gasteiger partial charge in [0.25, 0.3) is 5.91 Å². The number of hydrogen-bond acceptors (Lipinski definition) is 3. The van der Waals surface area contributed by atoms with Gasteiger partial charge < -0.3 is 10.6 Å². The van der Waals surface area contributed by atoms with Crippen molar-refractivity contribution < 1.29 is 4.79 Å². The lowest BCUT2D eigenvalue weighted by Crippen LogP contribution is -2.37. The molecule has 2 aromatic rings. The number of likely N-dealkylation sites (N-methyl/N-ethyl adjacent to an activating group) is 1. The highest BCUT2D eigenvalue weighted by Crippen LogP contribution is 2.06. The van der Waals surface area contributed by atoms with E-state index in [4.69, 9.17) is 0 Å². The molecule has 0 spiro atoms. The van der Waals surface area contributed by atoms with Crippen LogP contribution in [0.1, 0.15) is 22.8 Å². The normalized spacial score (nSPS) is 12.1. The maximum absolute atomic E-state index is 11.9.